The van der Waals surface area contributed by atoms with Crippen LogP contribution in [0.5, 0.6) is 0 Å². The third-order valence-electron chi connectivity index (χ3n) is 3.39. The van der Waals surface area contributed by atoms with Gasteiger partial charge in [-0.05, 0) is 17.0 Å². The first-order chi connectivity index (χ1) is 9.13. The zero-order chi connectivity index (χ0) is 13.6. The van der Waals surface area contributed by atoms with Gasteiger partial charge in [0.2, 0.25) is 0 Å². The van der Waals surface area contributed by atoms with Crippen LogP contribution in [0.3, 0.4) is 0 Å². The number of hydrogen-bond acceptors (Lipinski definition) is 3. The van der Waals surface area contributed by atoms with Crippen LogP contribution in [0.1, 0.15) is 32.3 Å². The third kappa shape index (κ3) is 1.57. The number of carbonyl (C=O) groups is 2. The molecule has 0 saturated carbocycles. The molecule has 94 valence electrons. The summed E-state index contributed by atoms with van der Waals surface area (Å²) in [6, 6.07) is 8.61. The SMILES string of the molecule is C=CC(N)c1ccc2cccc3c2c1C(=O)NC3=O. The monoisotopic (exact) mass is 252 g/mol. The normalized spacial score (nSPS) is 15.2. The summed E-state index contributed by atoms with van der Waals surface area (Å²) < 4.78 is 0. The predicted molar refractivity (Wildman–Crippen MR) is 72.9 cm³/mol. The highest BCUT2D eigenvalue weighted by Crippen LogP contribution is 2.31. The molecule has 19 heavy (non-hydrogen) atoms. The largest absolute Gasteiger partial charge is 0.321 e. The second kappa shape index (κ2) is 4.03. The number of carbonyl (C=O) groups excluding carboxylic acids is 2. The first kappa shape index (κ1) is 11.6. The van der Waals surface area contributed by atoms with E-state index in [4.69, 9.17) is 5.73 Å². The standard InChI is InChI=1S/C15H12N2O2/c1-2-11(16)9-7-6-8-4-3-5-10-12(8)13(9)15(19)17-14(10)18/h2-7,11H,1,16H2,(H,17,18,19). The van der Waals surface area contributed by atoms with E-state index in [1.165, 1.54) is 0 Å². The first-order valence-electron chi connectivity index (χ1n) is 5.93. The Morgan fingerprint density at radius 2 is 1.95 bits per heavy atom. The zero-order valence-corrected chi connectivity index (χ0v) is 10.1. The van der Waals surface area contributed by atoms with Crippen LogP contribution in [0.4, 0.5) is 0 Å². The van der Waals surface area contributed by atoms with Crippen molar-refractivity contribution in [2.45, 2.75) is 6.04 Å². The fraction of sp³-hybridized carbons (Fsp3) is 0.0667. The van der Waals surface area contributed by atoms with Crippen LogP contribution in [-0.4, -0.2) is 11.8 Å². The van der Waals surface area contributed by atoms with Gasteiger partial charge in [0, 0.05) is 17.0 Å². The number of nitrogens with two attached hydrogens (primary N) is 1. The van der Waals surface area contributed by atoms with Crippen LogP contribution in [0, 0.1) is 0 Å². The molecule has 1 heterocycles. The van der Waals surface area contributed by atoms with E-state index in [0.717, 1.165) is 5.39 Å². The molecule has 0 aliphatic carbocycles. The second-order valence-electron chi connectivity index (χ2n) is 4.48. The van der Waals surface area contributed by atoms with Crippen molar-refractivity contribution in [3.63, 3.8) is 0 Å². The predicted octanol–water partition coefficient (Wildman–Crippen LogP) is 1.91. The molecule has 2 amide bonds. The van der Waals surface area contributed by atoms with Crippen molar-refractivity contribution >= 4 is 22.6 Å². The van der Waals surface area contributed by atoms with Crippen molar-refractivity contribution in [1.29, 1.82) is 0 Å². The highest BCUT2D eigenvalue weighted by molar-refractivity contribution is 6.26. The molecule has 0 radical (unpaired) electrons. The molecule has 1 atom stereocenters. The lowest BCUT2D eigenvalue weighted by molar-refractivity contribution is 0.0844. The molecule has 3 N–H and O–H groups in total. The Morgan fingerprint density at radius 1 is 1.16 bits per heavy atom. The van der Waals surface area contributed by atoms with Crippen LogP contribution in [-0.2, 0) is 0 Å². The highest BCUT2D eigenvalue weighted by atomic mass is 16.2. The second-order valence-corrected chi connectivity index (χ2v) is 4.48. The Bertz CT molecular complexity index is 734. The summed E-state index contributed by atoms with van der Waals surface area (Å²) in [5.41, 5.74) is 7.61. The van der Waals surface area contributed by atoms with E-state index < -0.39 is 11.9 Å². The van der Waals surface area contributed by atoms with Crippen LogP contribution < -0.4 is 11.1 Å². The first-order valence-corrected chi connectivity index (χ1v) is 5.93. The number of nitrogens with one attached hydrogen (secondary N) is 1. The molecule has 0 bridgehead atoms. The maximum absolute atomic E-state index is 12.1. The van der Waals surface area contributed by atoms with Gasteiger partial charge in [0.15, 0.2) is 0 Å². The van der Waals surface area contributed by atoms with E-state index in [9.17, 15) is 9.59 Å². The maximum Gasteiger partial charge on any atom is 0.259 e. The molecule has 3 rings (SSSR count). The van der Waals surface area contributed by atoms with Gasteiger partial charge < -0.3 is 5.73 Å². The van der Waals surface area contributed by atoms with Gasteiger partial charge in [0.05, 0.1) is 5.56 Å². The molecule has 4 heteroatoms. The van der Waals surface area contributed by atoms with Crippen LogP contribution in [0.25, 0.3) is 10.8 Å². The maximum atomic E-state index is 12.1. The minimum atomic E-state index is -0.439. The molecule has 0 aromatic heterocycles. The zero-order valence-electron chi connectivity index (χ0n) is 10.1. The molecule has 0 fully saturated rings. The van der Waals surface area contributed by atoms with Gasteiger partial charge in [0.1, 0.15) is 0 Å². The van der Waals surface area contributed by atoms with Gasteiger partial charge in [-0.15, -0.1) is 6.58 Å². The van der Waals surface area contributed by atoms with Gasteiger partial charge in [-0.1, -0.05) is 30.3 Å². The van der Waals surface area contributed by atoms with E-state index >= 15 is 0 Å². The van der Waals surface area contributed by atoms with Crippen LogP contribution >= 0.6 is 0 Å². The number of hydrogen-bond donors (Lipinski definition) is 2. The molecule has 2 aromatic rings. The fourth-order valence-electron chi connectivity index (χ4n) is 2.47. The van der Waals surface area contributed by atoms with Gasteiger partial charge in [-0.2, -0.15) is 0 Å². The Hall–Kier alpha value is -2.46. The topological polar surface area (TPSA) is 72.2 Å². The summed E-state index contributed by atoms with van der Waals surface area (Å²) >= 11 is 0. The Morgan fingerprint density at radius 3 is 2.68 bits per heavy atom. The molecular formula is C15H12N2O2. The minimum absolute atomic E-state index is 0.368. The van der Waals surface area contributed by atoms with E-state index in [-0.39, 0.29) is 5.91 Å². The summed E-state index contributed by atoms with van der Waals surface area (Å²) in [6.45, 7) is 3.65. The molecule has 1 aliphatic heterocycles. The van der Waals surface area contributed by atoms with E-state index in [1.54, 1.807) is 18.2 Å². The van der Waals surface area contributed by atoms with Crippen molar-refractivity contribution in [3.05, 3.63) is 59.7 Å². The minimum Gasteiger partial charge on any atom is -0.321 e. The lowest BCUT2D eigenvalue weighted by Gasteiger charge is -2.21. The number of rotatable bonds is 2. The molecule has 0 spiro atoms. The summed E-state index contributed by atoms with van der Waals surface area (Å²) in [7, 11) is 0. The summed E-state index contributed by atoms with van der Waals surface area (Å²) in [6.07, 6.45) is 1.57. The molecule has 1 unspecified atom stereocenters. The molecule has 0 saturated heterocycles. The third-order valence-corrected chi connectivity index (χ3v) is 3.39. The average Bonchev–Trinajstić information content (AvgIpc) is 2.43. The number of benzene rings is 2. The van der Waals surface area contributed by atoms with Crippen LogP contribution in [0.2, 0.25) is 0 Å². The lowest BCUT2D eigenvalue weighted by Crippen LogP contribution is -2.36. The van der Waals surface area contributed by atoms with Gasteiger partial charge in [-0.25, -0.2) is 0 Å². The van der Waals surface area contributed by atoms with Crippen molar-refractivity contribution in [1.82, 2.24) is 5.32 Å². The molecule has 4 nitrogen and oxygen atoms in total. The summed E-state index contributed by atoms with van der Waals surface area (Å²) in [5.74, 6) is -0.769. The van der Waals surface area contributed by atoms with E-state index in [0.29, 0.717) is 22.1 Å². The average molecular weight is 252 g/mol. The van der Waals surface area contributed by atoms with Crippen molar-refractivity contribution in [2.75, 3.05) is 0 Å². The van der Waals surface area contributed by atoms with Crippen molar-refractivity contribution in [2.24, 2.45) is 5.73 Å². The van der Waals surface area contributed by atoms with E-state index in [2.05, 4.69) is 11.9 Å². The van der Waals surface area contributed by atoms with Gasteiger partial charge >= 0.3 is 0 Å². The molecular weight excluding hydrogens is 240 g/mol. The lowest BCUT2D eigenvalue weighted by atomic mass is 9.89. The van der Waals surface area contributed by atoms with Crippen molar-refractivity contribution < 1.29 is 9.59 Å². The van der Waals surface area contributed by atoms with Gasteiger partial charge in [-0.3, -0.25) is 14.9 Å². The Balaban J connectivity index is 2.47. The van der Waals surface area contributed by atoms with Gasteiger partial charge in [0.25, 0.3) is 11.8 Å². The Labute approximate surface area is 109 Å². The highest BCUT2D eigenvalue weighted by Gasteiger charge is 2.28. The van der Waals surface area contributed by atoms with E-state index in [1.807, 2.05) is 18.2 Å². The number of imide groups is 1. The Kier molecular flexibility index (Phi) is 2.47. The molecule has 1 aliphatic rings. The van der Waals surface area contributed by atoms with Crippen LogP contribution in [0.15, 0.2) is 43.0 Å². The molecule has 2 aromatic carbocycles. The van der Waals surface area contributed by atoms with Crippen molar-refractivity contribution in [3.8, 4) is 0 Å². The summed E-state index contributed by atoms with van der Waals surface area (Å²) in [5, 5.41) is 3.88. The summed E-state index contributed by atoms with van der Waals surface area (Å²) in [4.78, 5) is 24.0. The smallest absolute Gasteiger partial charge is 0.259 e. The quantitative estimate of drug-likeness (QED) is 0.633. The number of amides is 2. The fourth-order valence-corrected chi connectivity index (χ4v) is 2.47.